The molecular formula is C18H26N2OS. The Morgan fingerprint density at radius 2 is 1.45 bits per heavy atom. The minimum absolute atomic E-state index is 0.133. The number of rotatable bonds is 1. The lowest BCUT2D eigenvalue weighted by Gasteiger charge is -2.28. The Bertz CT molecular complexity index is 720. The molecule has 0 bridgehead atoms. The molecule has 0 aliphatic carbocycles. The Hall–Kier alpha value is -1.55. The fourth-order valence-electron chi connectivity index (χ4n) is 2.57. The van der Waals surface area contributed by atoms with Gasteiger partial charge in [-0.1, -0.05) is 41.5 Å². The van der Waals surface area contributed by atoms with E-state index < -0.39 is 0 Å². The molecule has 1 aromatic heterocycles. The lowest BCUT2D eigenvalue weighted by molar-refractivity contribution is 0.423. The summed E-state index contributed by atoms with van der Waals surface area (Å²) in [5, 5.41) is 10.8. The molecule has 2 N–H and O–H groups in total. The number of aromatic nitrogens is 2. The second kappa shape index (κ2) is 5.27. The van der Waals surface area contributed by atoms with E-state index in [0.717, 1.165) is 22.4 Å². The van der Waals surface area contributed by atoms with Crippen LogP contribution >= 0.6 is 12.2 Å². The van der Waals surface area contributed by atoms with E-state index >= 15 is 0 Å². The molecule has 2 aromatic rings. The smallest absolute Gasteiger partial charge is 0.177 e. The maximum absolute atomic E-state index is 10.8. The number of benzene rings is 1. The van der Waals surface area contributed by atoms with E-state index in [1.54, 1.807) is 0 Å². The summed E-state index contributed by atoms with van der Waals surface area (Å²) in [5.41, 5.74) is 3.68. The SMILES string of the molecule is Cn1cc(-c2cc(C(C)(C)C)c(O)c(C(C)(C)C)c2)[nH]c1=S. The molecule has 0 spiro atoms. The summed E-state index contributed by atoms with van der Waals surface area (Å²) in [6.45, 7) is 12.7. The highest BCUT2D eigenvalue weighted by Crippen LogP contribution is 2.41. The fourth-order valence-corrected chi connectivity index (χ4v) is 2.73. The number of nitrogens with zero attached hydrogens (tertiary/aromatic N) is 1. The van der Waals surface area contributed by atoms with Gasteiger partial charge in [0.2, 0.25) is 0 Å². The predicted molar refractivity (Wildman–Crippen MR) is 95.1 cm³/mol. The van der Waals surface area contributed by atoms with Crippen molar-refractivity contribution in [2.24, 2.45) is 7.05 Å². The number of phenolic OH excluding ortho intramolecular Hbond substituents is 1. The first-order valence-electron chi connectivity index (χ1n) is 7.55. The van der Waals surface area contributed by atoms with E-state index in [4.69, 9.17) is 12.2 Å². The number of phenols is 1. The highest BCUT2D eigenvalue weighted by molar-refractivity contribution is 7.71. The van der Waals surface area contributed by atoms with Gasteiger partial charge in [0.05, 0.1) is 5.69 Å². The van der Waals surface area contributed by atoms with E-state index in [1.165, 1.54) is 0 Å². The van der Waals surface area contributed by atoms with Gasteiger partial charge in [0.1, 0.15) is 5.75 Å². The van der Waals surface area contributed by atoms with Gasteiger partial charge < -0.3 is 14.7 Å². The Labute approximate surface area is 138 Å². The van der Waals surface area contributed by atoms with Crippen molar-refractivity contribution in [1.82, 2.24) is 9.55 Å². The van der Waals surface area contributed by atoms with Crippen molar-refractivity contribution in [1.29, 1.82) is 0 Å². The summed E-state index contributed by atoms with van der Waals surface area (Å²) in [7, 11) is 1.93. The molecule has 4 heteroatoms. The molecule has 0 saturated carbocycles. The molecular weight excluding hydrogens is 292 g/mol. The van der Waals surface area contributed by atoms with Crippen molar-refractivity contribution in [2.45, 2.75) is 52.4 Å². The number of hydrogen-bond donors (Lipinski definition) is 2. The standard InChI is InChI=1S/C18H26N2OS/c1-17(2,3)12-8-11(14-10-20(7)16(22)19-14)9-13(15(12)21)18(4,5)6/h8-10,21H,1-7H3,(H,19,22). The van der Waals surface area contributed by atoms with Crippen LogP contribution in [-0.4, -0.2) is 14.7 Å². The molecule has 0 amide bonds. The van der Waals surface area contributed by atoms with Crippen LogP contribution < -0.4 is 0 Å². The average Bonchev–Trinajstić information content (AvgIpc) is 2.67. The van der Waals surface area contributed by atoms with Gasteiger partial charge in [-0.25, -0.2) is 0 Å². The van der Waals surface area contributed by atoms with E-state index in [-0.39, 0.29) is 10.8 Å². The third kappa shape index (κ3) is 3.12. The van der Waals surface area contributed by atoms with Crippen LogP contribution in [0.25, 0.3) is 11.3 Å². The van der Waals surface area contributed by atoms with E-state index in [2.05, 4.69) is 58.7 Å². The van der Waals surface area contributed by atoms with Crippen molar-refractivity contribution < 1.29 is 5.11 Å². The first-order chi connectivity index (χ1) is 9.91. The van der Waals surface area contributed by atoms with Gasteiger partial charge >= 0.3 is 0 Å². The predicted octanol–water partition coefficient (Wildman–Crippen LogP) is 5.05. The van der Waals surface area contributed by atoms with Gasteiger partial charge in [0.25, 0.3) is 0 Å². The lowest BCUT2D eigenvalue weighted by atomic mass is 9.78. The number of aromatic amines is 1. The van der Waals surface area contributed by atoms with Crippen LogP contribution in [0.1, 0.15) is 52.7 Å². The van der Waals surface area contributed by atoms with E-state index in [1.807, 2.05) is 17.8 Å². The van der Waals surface area contributed by atoms with Crippen LogP contribution in [0.15, 0.2) is 18.3 Å². The van der Waals surface area contributed by atoms with E-state index in [0.29, 0.717) is 10.5 Å². The number of nitrogens with one attached hydrogen (secondary N) is 1. The summed E-state index contributed by atoms with van der Waals surface area (Å²) >= 11 is 5.27. The number of hydrogen-bond acceptors (Lipinski definition) is 2. The van der Waals surface area contributed by atoms with E-state index in [9.17, 15) is 5.11 Å². The Balaban J connectivity index is 2.78. The molecule has 22 heavy (non-hydrogen) atoms. The highest BCUT2D eigenvalue weighted by Gasteiger charge is 2.27. The Kier molecular flexibility index (Phi) is 4.03. The molecule has 3 nitrogen and oxygen atoms in total. The zero-order valence-electron chi connectivity index (χ0n) is 14.5. The third-order valence-corrected chi connectivity index (χ3v) is 4.31. The fraction of sp³-hybridized carbons (Fsp3) is 0.500. The van der Waals surface area contributed by atoms with Gasteiger partial charge in [0, 0.05) is 29.9 Å². The van der Waals surface area contributed by atoms with Gasteiger partial charge in [-0.05, 0) is 35.2 Å². The number of aryl methyl sites for hydroxylation is 1. The van der Waals surface area contributed by atoms with Crippen LogP contribution in [0.3, 0.4) is 0 Å². The molecule has 0 aliphatic rings. The van der Waals surface area contributed by atoms with Crippen LogP contribution in [0.5, 0.6) is 5.75 Å². The third-order valence-electron chi connectivity index (χ3n) is 3.92. The molecule has 2 rings (SSSR count). The Morgan fingerprint density at radius 1 is 1.00 bits per heavy atom. The lowest BCUT2D eigenvalue weighted by Crippen LogP contribution is -2.17. The summed E-state index contributed by atoms with van der Waals surface area (Å²) < 4.78 is 2.59. The Morgan fingerprint density at radius 3 is 1.77 bits per heavy atom. The van der Waals surface area contributed by atoms with Crippen LogP contribution in [0, 0.1) is 4.77 Å². The monoisotopic (exact) mass is 318 g/mol. The number of aromatic hydroxyl groups is 1. The molecule has 0 radical (unpaired) electrons. The van der Waals surface area contributed by atoms with Crippen LogP contribution in [0.4, 0.5) is 0 Å². The minimum Gasteiger partial charge on any atom is -0.507 e. The van der Waals surface area contributed by atoms with Gasteiger partial charge in [0.15, 0.2) is 4.77 Å². The van der Waals surface area contributed by atoms with Crippen molar-refractivity contribution in [3.8, 4) is 17.0 Å². The molecule has 1 aromatic carbocycles. The quantitative estimate of drug-likeness (QED) is 0.722. The highest BCUT2D eigenvalue weighted by atomic mass is 32.1. The van der Waals surface area contributed by atoms with Crippen LogP contribution in [-0.2, 0) is 17.9 Å². The molecule has 1 heterocycles. The molecule has 120 valence electrons. The topological polar surface area (TPSA) is 41.0 Å². The largest absolute Gasteiger partial charge is 0.507 e. The molecule has 0 saturated heterocycles. The minimum atomic E-state index is -0.133. The first-order valence-corrected chi connectivity index (χ1v) is 7.96. The maximum Gasteiger partial charge on any atom is 0.177 e. The maximum atomic E-state index is 10.8. The first kappa shape index (κ1) is 16.8. The zero-order chi connectivity index (χ0) is 16.9. The average molecular weight is 318 g/mol. The molecule has 0 fully saturated rings. The van der Waals surface area contributed by atoms with Gasteiger partial charge in [-0.2, -0.15) is 0 Å². The van der Waals surface area contributed by atoms with Gasteiger partial charge in [-0.15, -0.1) is 0 Å². The zero-order valence-corrected chi connectivity index (χ0v) is 15.4. The summed E-state index contributed by atoms with van der Waals surface area (Å²) in [5.74, 6) is 0.401. The number of imidazole rings is 1. The molecule has 0 aliphatic heterocycles. The molecule has 0 atom stereocenters. The number of H-pyrrole nitrogens is 1. The van der Waals surface area contributed by atoms with Crippen molar-refractivity contribution in [3.63, 3.8) is 0 Å². The molecule has 0 unspecified atom stereocenters. The van der Waals surface area contributed by atoms with Crippen LogP contribution in [0.2, 0.25) is 0 Å². The van der Waals surface area contributed by atoms with Crippen molar-refractivity contribution in [2.75, 3.05) is 0 Å². The van der Waals surface area contributed by atoms with Crippen molar-refractivity contribution >= 4 is 12.2 Å². The normalized spacial score (nSPS) is 12.7. The summed E-state index contributed by atoms with van der Waals surface area (Å²) in [4.78, 5) is 3.23. The van der Waals surface area contributed by atoms with Gasteiger partial charge in [-0.3, -0.25) is 0 Å². The van der Waals surface area contributed by atoms with Crippen molar-refractivity contribution in [3.05, 3.63) is 34.2 Å². The second-order valence-electron chi connectivity index (χ2n) is 8.00. The summed E-state index contributed by atoms with van der Waals surface area (Å²) in [6.07, 6.45) is 1.99. The summed E-state index contributed by atoms with van der Waals surface area (Å²) in [6, 6.07) is 4.12. The second-order valence-corrected chi connectivity index (χ2v) is 8.39.